The molecule has 0 bridgehead atoms. The van der Waals surface area contributed by atoms with Crippen molar-refractivity contribution in [2.45, 2.75) is 19.3 Å². The van der Waals surface area contributed by atoms with E-state index in [2.05, 4.69) is 20.6 Å². The van der Waals surface area contributed by atoms with Gasteiger partial charge in [-0.1, -0.05) is 0 Å². The Morgan fingerprint density at radius 2 is 2.11 bits per heavy atom. The van der Waals surface area contributed by atoms with Crippen LogP contribution in [-0.4, -0.2) is 45.3 Å². The zero-order chi connectivity index (χ0) is 13.6. The second-order valence-electron chi connectivity index (χ2n) is 3.87. The van der Waals surface area contributed by atoms with E-state index in [1.807, 2.05) is 0 Å². The molecule has 0 spiro atoms. The second-order valence-corrected chi connectivity index (χ2v) is 5.70. The molecule has 2 amide bonds. The molecule has 0 unspecified atom stereocenters. The highest BCUT2D eigenvalue weighted by molar-refractivity contribution is 7.88. The van der Waals surface area contributed by atoms with E-state index in [1.54, 1.807) is 0 Å². The van der Waals surface area contributed by atoms with Crippen LogP contribution in [0.15, 0.2) is 5.10 Å². The predicted molar refractivity (Wildman–Crippen MR) is 65.3 cm³/mol. The third kappa shape index (κ3) is 5.73. The van der Waals surface area contributed by atoms with Gasteiger partial charge in [-0.25, -0.2) is 18.6 Å². The molecule has 0 aromatic rings. The van der Waals surface area contributed by atoms with Gasteiger partial charge in [-0.05, 0) is 6.42 Å². The average Bonchev–Trinajstić information content (AvgIpc) is 2.27. The van der Waals surface area contributed by atoms with Crippen LogP contribution in [0.2, 0.25) is 0 Å². The molecule has 3 N–H and O–H groups in total. The van der Waals surface area contributed by atoms with Crippen LogP contribution in [0, 0.1) is 0 Å². The quantitative estimate of drug-likeness (QED) is 0.502. The number of rotatable bonds is 6. The molecule has 0 saturated heterocycles. The summed E-state index contributed by atoms with van der Waals surface area (Å²) in [5.41, 5.74) is 2.51. The maximum absolute atomic E-state index is 11.5. The van der Waals surface area contributed by atoms with Crippen molar-refractivity contribution < 1.29 is 18.0 Å². The van der Waals surface area contributed by atoms with E-state index in [-0.39, 0.29) is 30.5 Å². The van der Waals surface area contributed by atoms with Gasteiger partial charge >= 0.3 is 0 Å². The van der Waals surface area contributed by atoms with Crippen LogP contribution in [-0.2, 0) is 19.6 Å². The Morgan fingerprint density at radius 3 is 2.67 bits per heavy atom. The van der Waals surface area contributed by atoms with E-state index in [0.717, 1.165) is 6.26 Å². The molecule has 18 heavy (non-hydrogen) atoms. The molecule has 9 heteroatoms. The molecule has 102 valence electrons. The zero-order valence-electron chi connectivity index (χ0n) is 10.0. The average molecular weight is 276 g/mol. The number of carbonyl (C=O) groups excluding carboxylic acids is 2. The largest absolute Gasteiger partial charge is 0.351 e. The van der Waals surface area contributed by atoms with E-state index < -0.39 is 10.0 Å². The van der Waals surface area contributed by atoms with E-state index >= 15 is 0 Å². The van der Waals surface area contributed by atoms with Crippen molar-refractivity contribution in [2.75, 3.05) is 19.3 Å². The van der Waals surface area contributed by atoms with Gasteiger partial charge in [0.1, 0.15) is 5.71 Å². The van der Waals surface area contributed by atoms with Gasteiger partial charge in [0.25, 0.3) is 5.91 Å². The van der Waals surface area contributed by atoms with E-state index in [4.69, 9.17) is 0 Å². The summed E-state index contributed by atoms with van der Waals surface area (Å²) in [7, 11) is -3.19. The van der Waals surface area contributed by atoms with Gasteiger partial charge < -0.3 is 5.32 Å². The van der Waals surface area contributed by atoms with E-state index in [1.165, 1.54) is 0 Å². The van der Waals surface area contributed by atoms with Gasteiger partial charge in [-0.2, -0.15) is 5.10 Å². The Kier molecular flexibility index (Phi) is 5.23. The molecule has 0 aromatic carbocycles. The van der Waals surface area contributed by atoms with Gasteiger partial charge in [0.15, 0.2) is 0 Å². The fourth-order valence-electron chi connectivity index (χ4n) is 1.29. The first-order chi connectivity index (χ1) is 8.38. The summed E-state index contributed by atoms with van der Waals surface area (Å²) in [6, 6.07) is 0. The van der Waals surface area contributed by atoms with Crippen LogP contribution in [0.4, 0.5) is 0 Å². The highest BCUT2D eigenvalue weighted by Crippen LogP contribution is 1.99. The maximum Gasteiger partial charge on any atom is 0.267 e. The van der Waals surface area contributed by atoms with Crippen molar-refractivity contribution in [1.29, 1.82) is 0 Å². The van der Waals surface area contributed by atoms with Crippen molar-refractivity contribution >= 4 is 27.5 Å². The molecule has 8 nitrogen and oxygen atoms in total. The highest BCUT2D eigenvalue weighted by Gasteiger charge is 2.17. The first-order valence-electron chi connectivity index (χ1n) is 5.47. The Balaban J connectivity index is 2.20. The monoisotopic (exact) mass is 276 g/mol. The molecule has 1 aliphatic rings. The van der Waals surface area contributed by atoms with E-state index in [0.29, 0.717) is 19.4 Å². The Labute approximate surface area is 105 Å². The number of hydrogen-bond acceptors (Lipinski definition) is 5. The first kappa shape index (κ1) is 14.6. The van der Waals surface area contributed by atoms with Gasteiger partial charge in [-0.3, -0.25) is 9.59 Å². The van der Waals surface area contributed by atoms with Gasteiger partial charge in [0, 0.05) is 25.9 Å². The lowest BCUT2D eigenvalue weighted by Gasteiger charge is -2.11. The minimum Gasteiger partial charge on any atom is -0.351 e. The lowest BCUT2D eigenvalue weighted by atomic mass is 10.1. The molecule has 0 radical (unpaired) electrons. The predicted octanol–water partition coefficient (Wildman–Crippen LogP) is -1.69. The number of sulfonamides is 1. The smallest absolute Gasteiger partial charge is 0.267 e. The standard InChI is InChI=1S/C9H16N4O4S/c1-18(16,17)11-6-2-5-10-9(15)7-3-4-8(14)13-12-7/h11H,2-6H2,1H3,(H,10,15)(H,13,14). The lowest BCUT2D eigenvalue weighted by Crippen LogP contribution is -2.38. The van der Waals surface area contributed by atoms with Gasteiger partial charge in [-0.15, -0.1) is 0 Å². The molecule has 0 saturated carbocycles. The van der Waals surface area contributed by atoms with Crippen molar-refractivity contribution in [3.63, 3.8) is 0 Å². The third-order valence-electron chi connectivity index (χ3n) is 2.17. The van der Waals surface area contributed by atoms with Crippen LogP contribution in [0.3, 0.4) is 0 Å². The summed E-state index contributed by atoms with van der Waals surface area (Å²) in [5, 5.41) is 6.24. The molecule has 0 atom stereocenters. The normalized spacial score (nSPS) is 15.8. The number of hydrazone groups is 1. The zero-order valence-corrected chi connectivity index (χ0v) is 10.8. The fourth-order valence-corrected chi connectivity index (χ4v) is 1.80. The topological polar surface area (TPSA) is 117 Å². The molecule has 1 heterocycles. The molecule has 1 rings (SSSR count). The van der Waals surface area contributed by atoms with Crippen LogP contribution >= 0.6 is 0 Å². The summed E-state index contributed by atoms with van der Waals surface area (Å²) in [4.78, 5) is 22.3. The van der Waals surface area contributed by atoms with Gasteiger partial charge in [0.2, 0.25) is 15.9 Å². The Hall–Kier alpha value is -1.48. The minimum absolute atomic E-state index is 0.205. The highest BCUT2D eigenvalue weighted by atomic mass is 32.2. The summed E-state index contributed by atoms with van der Waals surface area (Å²) >= 11 is 0. The van der Waals surface area contributed by atoms with Crippen molar-refractivity contribution in [3.05, 3.63) is 0 Å². The first-order valence-corrected chi connectivity index (χ1v) is 7.36. The number of hydrogen-bond donors (Lipinski definition) is 3. The van der Waals surface area contributed by atoms with Crippen LogP contribution in [0.5, 0.6) is 0 Å². The summed E-state index contributed by atoms with van der Waals surface area (Å²) in [6.07, 6.45) is 2.13. The van der Waals surface area contributed by atoms with Crippen LogP contribution in [0.1, 0.15) is 19.3 Å². The number of amides is 2. The number of nitrogens with one attached hydrogen (secondary N) is 3. The molecule has 0 fully saturated rings. The Bertz CT molecular complexity index is 457. The van der Waals surface area contributed by atoms with E-state index in [9.17, 15) is 18.0 Å². The summed E-state index contributed by atoms with van der Waals surface area (Å²) < 4.78 is 23.8. The SMILES string of the molecule is CS(=O)(=O)NCCCNC(=O)C1=NNC(=O)CC1. The van der Waals surface area contributed by atoms with Crippen molar-refractivity contribution in [1.82, 2.24) is 15.5 Å². The number of nitrogens with zero attached hydrogens (tertiary/aromatic N) is 1. The minimum atomic E-state index is -3.19. The van der Waals surface area contributed by atoms with Crippen molar-refractivity contribution in [3.8, 4) is 0 Å². The van der Waals surface area contributed by atoms with Crippen LogP contribution in [0.25, 0.3) is 0 Å². The maximum atomic E-state index is 11.5. The van der Waals surface area contributed by atoms with Gasteiger partial charge in [0.05, 0.1) is 6.26 Å². The fraction of sp³-hybridized carbons (Fsp3) is 0.667. The Morgan fingerprint density at radius 1 is 1.39 bits per heavy atom. The lowest BCUT2D eigenvalue weighted by molar-refractivity contribution is -0.121. The molecule has 0 aliphatic carbocycles. The van der Waals surface area contributed by atoms with Crippen LogP contribution < -0.4 is 15.5 Å². The molecular weight excluding hydrogens is 260 g/mol. The third-order valence-corrected chi connectivity index (χ3v) is 2.90. The molecular formula is C9H16N4O4S. The number of carbonyl (C=O) groups is 2. The van der Waals surface area contributed by atoms with Crippen molar-refractivity contribution in [2.24, 2.45) is 5.10 Å². The summed E-state index contributed by atoms with van der Waals surface area (Å²) in [5.74, 6) is -0.543. The summed E-state index contributed by atoms with van der Waals surface area (Å²) in [6.45, 7) is 0.608. The molecule has 0 aromatic heterocycles. The molecule has 1 aliphatic heterocycles. The second kappa shape index (κ2) is 6.45.